The molecule has 0 unspecified atom stereocenters. The van der Waals surface area contributed by atoms with E-state index in [9.17, 15) is 4.79 Å². The predicted octanol–water partition coefficient (Wildman–Crippen LogP) is 3.33. The lowest BCUT2D eigenvalue weighted by Gasteiger charge is -2.07. The largest absolute Gasteiger partial charge is 0.399 e. The van der Waals surface area contributed by atoms with E-state index >= 15 is 0 Å². The van der Waals surface area contributed by atoms with Crippen molar-refractivity contribution in [3.63, 3.8) is 0 Å². The molecule has 0 atom stereocenters. The molecule has 0 radical (unpaired) electrons. The number of rotatable bonds is 2. The number of hydrogen-bond donors (Lipinski definition) is 2. The van der Waals surface area contributed by atoms with Crippen LogP contribution in [-0.4, -0.2) is 10.9 Å². The highest BCUT2D eigenvalue weighted by molar-refractivity contribution is 9.10. The van der Waals surface area contributed by atoms with Crippen molar-refractivity contribution >= 4 is 44.8 Å². The molecule has 6 heteroatoms. The maximum absolute atomic E-state index is 12.0. The Balaban J connectivity index is 2.25. The lowest BCUT2D eigenvalue weighted by molar-refractivity contribution is 0.102. The normalized spacial score (nSPS) is 10.1. The van der Waals surface area contributed by atoms with E-state index in [2.05, 4.69) is 26.2 Å². The zero-order chi connectivity index (χ0) is 13.1. The summed E-state index contributed by atoms with van der Waals surface area (Å²) in [6, 6.07) is 6.40. The van der Waals surface area contributed by atoms with Gasteiger partial charge in [0, 0.05) is 28.7 Å². The van der Waals surface area contributed by atoms with Crippen LogP contribution >= 0.6 is 27.5 Å². The molecule has 1 heterocycles. The van der Waals surface area contributed by atoms with E-state index in [-0.39, 0.29) is 5.91 Å². The van der Waals surface area contributed by atoms with Crippen LogP contribution < -0.4 is 11.1 Å². The van der Waals surface area contributed by atoms with Crippen molar-refractivity contribution in [2.75, 3.05) is 11.1 Å². The van der Waals surface area contributed by atoms with Gasteiger partial charge in [0.1, 0.15) is 0 Å². The smallest absolute Gasteiger partial charge is 0.255 e. The first-order valence-electron chi connectivity index (χ1n) is 5.03. The molecule has 3 N–H and O–H groups in total. The zero-order valence-corrected chi connectivity index (χ0v) is 11.5. The number of halogens is 2. The number of aromatic nitrogens is 1. The third kappa shape index (κ3) is 3.00. The van der Waals surface area contributed by atoms with Crippen molar-refractivity contribution in [1.29, 1.82) is 0 Å². The first kappa shape index (κ1) is 12.9. The topological polar surface area (TPSA) is 68.0 Å². The first-order valence-corrected chi connectivity index (χ1v) is 6.20. The third-order valence-electron chi connectivity index (χ3n) is 2.20. The average Bonchev–Trinajstić information content (AvgIpc) is 2.31. The molecular weight excluding hydrogens is 318 g/mol. The minimum Gasteiger partial charge on any atom is -0.399 e. The summed E-state index contributed by atoms with van der Waals surface area (Å²) in [5, 5.41) is 3.17. The molecule has 2 aromatic rings. The quantitative estimate of drug-likeness (QED) is 0.832. The predicted molar refractivity (Wildman–Crippen MR) is 75.8 cm³/mol. The summed E-state index contributed by atoms with van der Waals surface area (Å²) < 4.78 is 0.702. The van der Waals surface area contributed by atoms with Crippen LogP contribution in [0.1, 0.15) is 10.4 Å². The van der Waals surface area contributed by atoms with E-state index in [0.29, 0.717) is 26.4 Å². The number of benzene rings is 1. The lowest BCUT2D eigenvalue weighted by Crippen LogP contribution is -2.12. The number of carbonyl (C=O) groups is 1. The Morgan fingerprint density at radius 1 is 1.39 bits per heavy atom. The molecule has 4 nitrogen and oxygen atoms in total. The fraction of sp³-hybridized carbons (Fsp3) is 0. The van der Waals surface area contributed by atoms with Gasteiger partial charge in [-0.25, -0.2) is 0 Å². The van der Waals surface area contributed by atoms with E-state index in [1.54, 1.807) is 36.7 Å². The average molecular weight is 327 g/mol. The molecule has 18 heavy (non-hydrogen) atoms. The molecule has 0 bridgehead atoms. The van der Waals surface area contributed by atoms with Crippen molar-refractivity contribution < 1.29 is 4.79 Å². The molecule has 0 saturated heterocycles. The van der Waals surface area contributed by atoms with Gasteiger partial charge in [-0.1, -0.05) is 11.6 Å². The maximum atomic E-state index is 12.0. The molecule has 0 fully saturated rings. The molecule has 92 valence electrons. The van der Waals surface area contributed by atoms with Gasteiger partial charge in [-0.05, 0) is 40.2 Å². The van der Waals surface area contributed by atoms with Crippen molar-refractivity contribution in [2.45, 2.75) is 0 Å². The van der Waals surface area contributed by atoms with Gasteiger partial charge in [0.15, 0.2) is 0 Å². The highest BCUT2D eigenvalue weighted by Crippen LogP contribution is 2.22. The molecule has 0 aliphatic rings. The van der Waals surface area contributed by atoms with E-state index in [1.165, 1.54) is 0 Å². The van der Waals surface area contributed by atoms with Gasteiger partial charge in [-0.3, -0.25) is 9.78 Å². The minimum atomic E-state index is -0.281. The fourth-order valence-electron chi connectivity index (χ4n) is 1.41. The summed E-state index contributed by atoms with van der Waals surface area (Å²) >= 11 is 9.15. The third-order valence-corrected chi connectivity index (χ3v) is 3.05. The zero-order valence-electron chi connectivity index (χ0n) is 9.15. The van der Waals surface area contributed by atoms with Gasteiger partial charge >= 0.3 is 0 Å². The van der Waals surface area contributed by atoms with Gasteiger partial charge in [-0.15, -0.1) is 0 Å². The van der Waals surface area contributed by atoms with Crippen LogP contribution in [0.2, 0.25) is 5.02 Å². The summed E-state index contributed by atoms with van der Waals surface area (Å²) in [4.78, 5) is 15.9. The molecule has 1 aromatic carbocycles. The monoisotopic (exact) mass is 325 g/mol. The van der Waals surface area contributed by atoms with Crippen LogP contribution in [0.25, 0.3) is 0 Å². The van der Waals surface area contributed by atoms with Gasteiger partial charge in [-0.2, -0.15) is 0 Å². The Kier molecular flexibility index (Phi) is 3.84. The number of nitrogens with two attached hydrogens (primary N) is 1. The molecular formula is C12H9BrClN3O. The number of nitrogens with zero attached hydrogens (tertiary/aromatic N) is 1. The Bertz CT molecular complexity index is 583. The molecule has 0 aliphatic carbocycles. The van der Waals surface area contributed by atoms with Crippen molar-refractivity contribution in [1.82, 2.24) is 4.98 Å². The highest BCUT2D eigenvalue weighted by Gasteiger charge is 2.09. The minimum absolute atomic E-state index is 0.281. The van der Waals surface area contributed by atoms with Gasteiger partial charge in [0.25, 0.3) is 5.91 Å². The second-order valence-corrected chi connectivity index (χ2v) is 4.87. The Morgan fingerprint density at radius 2 is 2.17 bits per heavy atom. The first-order chi connectivity index (χ1) is 8.56. The van der Waals surface area contributed by atoms with Crippen LogP contribution in [0.15, 0.2) is 41.1 Å². The van der Waals surface area contributed by atoms with Crippen molar-refractivity contribution in [2.24, 2.45) is 0 Å². The number of hydrogen-bond acceptors (Lipinski definition) is 3. The molecule has 0 aliphatic heterocycles. The van der Waals surface area contributed by atoms with Crippen LogP contribution in [0, 0.1) is 0 Å². The van der Waals surface area contributed by atoms with Crippen LogP contribution in [0.5, 0.6) is 0 Å². The molecule has 1 amide bonds. The van der Waals surface area contributed by atoms with Gasteiger partial charge in [0.05, 0.1) is 10.2 Å². The Morgan fingerprint density at radius 3 is 2.83 bits per heavy atom. The van der Waals surface area contributed by atoms with Crippen molar-refractivity contribution in [3.05, 3.63) is 51.7 Å². The van der Waals surface area contributed by atoms with Gasteiger partial charge < -0.3 is 11.1 Å². The van der Waals surface area contributed by atoms with Gasteiger partial charge in [0.2, 0.25) is 0 Å². The molecule has 1 aromatic heterocycles. The summed E-state index contributed by atoms with van der Waals surface area (Å²) in [5.41, 5.74) is 7.12. The lowest BCUT2D eigenvalue weighted by atomic mass is 10.2. The second kappa shape index (κ2) is 5.37. The Labute approximate surface area is 117 Å². The summed E-state index contributed by atoms with van der Waals surface area (Å²) in [7, 11) is 0. The second-order valence-electron chi connectivity index (χ2n) is 3.58. The number of nitrogen functional groups attached to an aromatic ring is 1. The summed E-state index contributed by atoms with van der Waals surface area (Å²) in [6.07, 6.45) is 3.19. The number of amides is 1. The number of carbonyl (C=O) groups excluding carboxylic acids is 1. The Hall–Kier alpha value is -1.59. The number of anilines is 2. The number of pyridine rings is 1. The summed E-state index contributed by atoms with van der Waals surface area (Å²) in [5.74, 6) is -0.281. The van der Waals surface area contributed by atoms with Crippen molar-refractivity contribution in [3.8, 4) is 0 Å². The highest BCUT2D eigenvalue weighted by atomic mass is 79.9. The molecule has 0 saturated carbocycles. The maximum Gasteiger partial charge on any atom is 0.255 e. The van der Waals surface area contributed by atoms with Crippen LogP contribution in [-0.2, 0) is 0 Å². The molecule has 0 spiro atoms. The SMILES string of the molecule is Nc1cc(Cl)cc(C(=O)Nc2ccncc2Br)c1. The summed E-state index contributed by atoms with van der Waals surface area (Å²) in [6.45, 7) is 0. The van der Waals surface area contributed by atoms with E-state index in [0.717, 1.165) is 0 Å². The fourth-order valence-corrected chi connectivity index (χ4v) is 2.01. The van der Waals surface area contributed by atoms with E-state index in [1.807, 2.05) is 0 Å². The van der Waals surface area contributed by atoms with Crippen LogP contribution in [0.4, 0.5) is 11.4 Å². The molecule has 2 rings (SSSR count). The van der Waals surface area contributed by atoms with E-state index in [4.69, 9.17) is 17.3 Å². The van der Waals surface area contributed by atoms with Crippen LogP contribution in [0.3, 0.4) is 0 Å². The standard InChI is InChI=1S/C12H9BrClN3O/c13-10-6-16-2-1-11(10)17-12(18)7-3-8(14)5-9(15)4-7/h1-6H,15H2,(H,16,17,18). The number of nitrogens with one attached hydrogen (secondary N) is 1. The van der Waals surface area contributed by atoms with E-state index < -0.39 is 0 Å².